The van der Waals surface area contributed by atoms with Crippen LogP contribution in [0.15, 0.2) is 18.2 Å². The van der Waals surface area contributed by atoms with Gasteiger partial charge in [-0.25, -0.2) is 0 Å². The van der Waals surface area contributed by atoms with Crippen molar-refractivity contribution < 1.29 is 9.53 Å². The van der Waals surface area contributed by atoms with Gasteiger partial charge in [-0.1, -0.05) is 6.07 Å². The highest BCUT2D eigenvalue weighted by molar-refractivity contribution is 6.00. The Morgan fingerprint density at radius 1 is 1.33 bits per heavy atom. The average Bonchev–Trinajstić information content (AvgIpc) is 2.14. The largest absolute Gasteiger partial charge is 0.486 e. The number of rotatable bonds is 0. The van der Waals surface area contributed by atoms with E-state index in [4.69, 9.17) is 4.74 Å². The maximum atomic E-state index is 11.9. The molecular formula is C13H14O2. The molecule has 1 saturated carbocycles. The van der Waals surface area contributed by atoms with E-state index in [9.17, 15) is 4.79 Å². The van der Waals surface area contributed by atoms with Crippen LogP contribution in [0, 0.1) is 6.92 Å². The van der Waals surface area contributed by atoms with E-state index in [1.165, 1.54) is 6.42 Å². The molecule has 1 spiro atoms. The van der Waals surface area contributed by atoms with Crippen LogP contribution in [0.3, 0.4) is 0 Å². The van der Waals surface area contributed by atoms with Crippen molar-refractivity contribution in [3.8, 4) is 5.75 Å². The third-order valence-electron chi connectivity index (χ3n) is 3.51. The summed E-state index contributed by atoms with van der Waals surface area (Å²) in [6.07, 6.45) is 3.83. The summed E-state index contributed by atoms with van der Waals surface area (Å²) >= 11 is 0. The van der Waals surface area contributed by atoms with Crippen LogP contribution in [-0.4, -0.2) is 11.4 Å². The lowest BCUT2D eigenvalue weighted by molar-refractivity contribution is -0.0177. The molecule has 2 nitrogen and oxygen atoms in total. The number of hydrogen-bond donors (Lipinski definition) is 0. The smallest absolute Gasteiger partial charge is 0.170 e. The van der Waals surface area contributed by atoms with Crippen molar-refractivity contribution in [1.29, 1.82) is 0 Å². The molecule has 1 aliphatic heterocycles. The fourth-order valence-corrected chi connectivity index (χ4v) is 2.45. The Kier molecular flexibility index (Phi) is 1.70. The maximum absolute atomic E-state index is 11.9. The van der Waals surface area contributed by atoms with Crippen LogP contribution in [0.5, 0.6) is 5.75 Å². The van der Waals surface area contributed by atoms with E-state index in [0.29, 0.717) is 6.42 Å². The summed E-state index contributed by atoms with van der Waals surface area (Å²) < 4.78 is 5.99. The lowest BCUT2D eigenvalue weighted by atomic mass is 9.74. The standard InChI is InChI=1S/C13H14O2/c1-9-3-4-10-11(14)8-13(5-2-6-13)15-12(10)7-9/h3-4,7H,2,5-6,8H2,1H3. The molecular weight excluding hydrogens is 188 g/mol. The average molecular weight is 202 g/mol. The second-order valence-corrected chi connectivity index (χ2v) is 4.74. The predicted octanol–water partition coefficient (Wildman–Crippen LogP) is 2.88. The molecule has 1 heterocycles. The lowest BCUT2D eigenvalue weighted by Gasteiger charge is -2.44. The molecule has 3 rings (SSSR count). The van der Waals surface area contributed by atoms with Gasteiger partial charge < -0.3 is 4.74 Å². The summed E-state index contributed by atoms with van der Waals surface area (Å²) in [5, 5.41) is 0. The molecule has 1 aromatic rings. The Morgan fingerprint density at radius 3 is 2.80 bits per heavy atom. The summed E-state index contributed by atoms with van der Waals surface area (Å²) in [6, 6.07) is 5.84. The third kappa shape index (κ3) is 1.28. The van der Waals surface area contributed by atoms with Gasteiger partial charge in [0.25, 0.3) is 0 Å². The van der Waals surface area contributed by atoms with Crippen molar-refractivity contribution in [1.82, 2.24) is 0 Å². The van der Waals surface area contributed by atoms with Gasteiger partial charge in [-0.2, -0.15) is 0 Å². The Bertz CT molecular complexity index is 430. The minimum Gasteiger partial charge on any atom is -0.486 e. The van der Waals surface area contributed by atoms with Gasteiger partial charge in [-0.05, 0) is 43.9 Å². The highest BCUT2D eigenvalue weighted by Gasteiger charge is 2.45. The first kappa shape index (κ1) is 8.96. The minimum atomic E-state index is -0.141. The van der Waals surface area contributed by atoms with Gasteiger partial charge in [0.2, 0.25) is 0 Å². The van der Waals surface area contributed by atoms with Gasteiger partial charge in [0, 0.05) is 0 Å². The molecule has 0 atom stereocenters. The SMILES string of the molecule is Cc1ccc2c(c1)OC1(CCC1)CC2=O. The molecule has 0 N–H and O–H groups in total. The summed E-state index contributed by atoms with van der Waals surface area (Å²) in [7, 11) is 0. The van der Waals surface area contributed by atoms with E-state index in [-0.39, 0.29) is 11.4 Å². The summed E-state index contributed by atoms with van der Waals surface area (Å²) in [4.78, 5) is 11.9. The van der Waals surface area contributed by atoms with Crippen molar-refractivity contribution in [2.45, 2.75) is 38.2 Å². The molecule has 1 aliphatic carbocycles. The van der Waals surface area contributed by atoms with Crippen molar-refractivity contribution in [2.75, 3.05) is 0 Å². The van der Waals surface area contributed by atoms with Crippen molar-refractivity contribution >= 4 is 5.78 Å². The molecule has 15 heavy (non-hydrogen) atoms. The second-order valence-electron chi connectivity index (χ2n) is 4.74. The number of aryl methyl sites for hydroxylation is 1. The molecule has 0 aromatic heterocycles. The van der Waals surface area contributed by atoms with Crippen LogP contribution in [0.2, 0.25) is 0 Å². The summed E-state index contributed by atoms with van der Waals surface area (Å²) in [6.45, 7) is 2.02. The second kappa shape index (κ2) is 2.84. The summed E-state index contributed by atoms with van der Waals surface area (Å²) in [5.74, 6) is 1.04. The number of ether oxygens (including phenoxy) is 1. The van der Waals surface area contributed by atoms with Crippen LogP contribution in [0.1, 0.15) is 41.6 Å². The number of ketones is 1. The number of carbonyl (C=O) groups is 1. The zero-order chi connectivity index (χ0) is 10.5. The van der Waals surface area contributed by atoms with Crippen LogP contribution in [0.25, 0.3) is 0 Å². The van der Waals surface area contributed by atoms with Gasteiger partial charge in [-0.15, -0.1) is 0 Å². The molecule has 0 radical (unpaired) electrons. The highest BCUT2D eigenvalue weighted by atomic mass is 16.5. The van der Waals surface area contributed by atoms with E-state index in [1.54, 1.807) is 0 Å². The Balaban J connectivity index is 2.05. The van der Waals surface area contributed by atoms with E-state index in [1.807, 2.05) is 25.1 Å². The topological polar surface area (TPSA) is 26.3 Å². The number of hydrogen-bond acceptors (Lipinski definition) is 2. The Morgan fingerprint density at radius 2 is 2.13 bits per heavy atom. The predicted molar refractivity (Wildman–Crippen MR) is 57.3 cm³/mol. The van der Waals surface area contributed by atoms with Crippen molar-refractivity contribution in [2.24, 2.45) is 0 Å². The zero-order valence-electron chi connectivity index (χ0n) is 8.88. The van der Waals surface area contributed by atoms with Crippen molar-refractivity contribution in [3.63, 3.8) is 0 Å². The molecule has 2 aliphatic rings. The van der Waals surface area contributed by atoms with Gasteiger partial charge >= 0.3 is 0 Å². The monoisotopic (exact) mass is 202 g/mol. The van der Waals surface area contributed by atoms with E-state index in [0.717, 1.165) is 29.7 Å². The highest BCUT2D eigenvalue weighted by Crippen LogP contribution is 2.44. The molecule has 78 valence electrons. The van der Waals surface area contributed by atoms with E-state index in [2.05, 4.69) is 0 Å². The molecule has 0 amide bonds. The first-order valence-corrected chi connectivity index (χ1v) is 5.51. The number of Topliss-reactive ketones (excluding diaryl/α,β-unsaturated/α-hetero) is 1. The zero-order valence-corrected chi connectivity index (χ0v) is 8.88. The summed E-state index contributed by atoms with van der Waals surface area (Å²) in [5.41, 5.74) is 1.77. The van der Waals surface area contributed by atoms with Crippen LogP contribution >= 0.6 is 0 Å². The normalized spacial score (nSPS) is 21.8. The fourth-order valence-electron chi connectivity index (χ4n) is 2.45. The number of benzene rings is 1. The first-order valence-electron chi connectivity index (χ1n) is 5.51. The molecule has 1 aromatic carbocycles. The van der Waals surface area contributed by atoms with E-state index < -0.39 is 0 Å². The minimum absolute atomic E-state index is 0.141. The number of fused-ring (bicyclic) bond motifs is 1. The molecule has 0 saturated heterocycles. The van der Waals surface area contributed by atoms with Crippen LogP contribution in [-0.2, 0) is 0 Å². The van der Waals surface area contributed by atoms with Crippen LogP contribution < -0.4 is 4.74 Å². The first-order chi connectivity index (χ1) is 7.19. The van der Waals surface area contributed by atoms with Gasteiger partial charge in [0.05, 0.1) is 12.0 Å². The van der Waals surface area contributed by atoms with Crippen molar-refractivity contribution in [3.05, 3.63) is 29.3 Å². The number of carbonyl (C=O) groups excluding carboxylic acids is 1. The Labute approximate surface area is 89.2 Å². The van der Waals surface area contributed by atoms with Crippen LogP contribution in [0.4, 0.5) is 0 Å². The third-order valence-corrected chi connectivity index (χ3v) is 3.51. The van der Waals surface area contributed by atoms with Gasteiger partial charge in [0.1, 0.15) is 11.4 Å². The fraction of sp³-hybridized carbons (Fsp3) is 0.462. The quantitative estimate of drug-likeness (QED) is 0.646. The molecule has 0 unspecified atom stereocenters. The van der Waals surface area contributed by atoms with Gasteiger partial charge in [-0.3, -0.25) is 4.79 Å². The van der Waals surface area contributed by atoms with Gasteiger partial charge in [0.15, 0.2) is 5.78 Å². The van der Waals surface area contributed by atoms with E-state index >= 15 is 0 Å². The maximum Gasteiger partial charge on any atom is 0.170 e. The molecule has 0 bridgehead atoms. The Hall–Kier alpha value is -1.31. The molecule has 2 heteroatoms. The molecule has 1 fully saturated rings. The lowest BCUT2D eigenvalue weighted by Crippen LogP contribution is -2.47.